The minimum absolute atomic E-state index is 0.104. The summed E-state index contributed by atoms with van der Waals surface area (Å²) in [7, 11) is 0. The Labute approximate surface area is 98.1 Å². The number of hydrogen-bond acceptors (Lipinski definition) is 5. The average Bonchev–Trinajstić information content (AvgIpc) is 2.35. The average molecular weight is 238 g/mol. The van der Waals surface area contributed by atoms with E-state index in [-0.39, 0.29) is 29.7 Å². The molecule has 0 spiro atoms. The number of carbonyl (C=O) groups excluding carboxylic acids is 1. The summed E-state index contributed by atoms with van der Waals surface area (Å²) in [5, 5.41) is 10.7. The van der Waals surface area contributed by atoms with Crippen molar-refractivity contribution in [3.05, 3.63) is 34.4 Å². The number of amides is 1. The number of nitrogens with zero attached hydrogens (tertiary/aromatic N) is 1. The predicted molar refractivity (Wildman–Crippen MR) is 63.1 cm³/mol. The van der Waals surface area contributed by atoms with Gasteiger partial charge < -0.3 is 5.73 Å². The second-order valence-electron chi connectivity index (χ2n) is 3.53. The molecular weight excluding hydrogens is 224 g/mol. The summed E-state index contributed by atoms with van der Waals surface area (Å²) in [4.78, 5) is 21.6. The van der Waals surface area contributed by atoms with Gasteiger partial charge in [-0.25, -0.2) is 0 Å². The number of nitro benzene ring substituents is 1. The van der Waals surface area contributed by atoms with Crippen LogP contribution >= 0.6 is 0 Å². The molecule has 0 saturated heterocycles. The summed E-state index contributed by atoms with van der Waals surface area (Å²) in [6.45, 7) is 1.88. The second kappa shape index (κ2) is 5.80. The minimum atomic E-state index is -0.527. The topological polar surface area (TPSA) is 110 Å². The zero-order chi connectivity index (χ0) is 12.8. The summed E-state index contributed by atoms with van der Waals surface area (Å²) in [5.74, 6) is -0.670. The van der Waals surface area contributed by atoms with Gasteiger partial charge in [-0.3, -0.25) is 25.8 Å². The van der Waals surface area contributed by atoms with Crippen LogP contribution in [0.3, 0.4) is 0 Å². The van der Waals surface area contributed by atoms with E-state index < -0.39 is 4.92 Å². The number of nitro groups is 1. The summed E-state index contributed by atoms with van der Waals surface area (Å²) in [5.41, 5.74) is 10.3. The molecule has 1 rings (SSSR count). The highest BCUT2D eigenvalue weighted by molar-refractivity contribution is 5.80. The molecule has 0 aliphatic heterocycles. The van der Waals surface area contributed by atoms with Gasteiger partial charge in [0.05, 0.1) is 4.92 Å². The smallest absolute Gasteiger partial charge is 0.294 e. The van der Waals surface area contributed by atoms with Gasteiger partial charge in [0.25, 0.3) is 5.69 Å². The van der Waals surface area contributed by atoms with Gasteiger partial charge in [-0.1, -0.05) is 19.1 Å². The highest BCUT2D eigenvalue weighted by Gasteiger charge is 2.14. The molecule has 0 heterocycles. The fourth-order valence-electron chi connectivity index (χ4n) is 1.10. The van der Waals surface area contributed by atoms with Crippen LogP contribution in [0.1, 0.15) is 6.92 Å². The van der Waals surface area contributed by atoms with E-state index in [0.29, 0.717) is 0 Å². The Morgan fingerprint density at radius 2 is 2.18 bits per heavy atom. The molecule has 0 aromatic heterocycles. The Morgan fingerprint density at radius 1 is 1.53 bits per heavy atom. The van der Waals surface area contributed by atoms with Crippen molar-refractivity contribution in [1.82, 2.24) is 5.43 Å². The van der Waals surface area contributed by atoms with Crippen LogP contribution in [0.15, 0.2) is 24.3 Å². The number of benzene rings is 1. The van der Waals surface area contributed by atoms with Gasteiger partial charge in [0.2, 0.25) is 5.91 Å². The SMILES string of the molecule is CC(CN)C(=O)NNc1ccccc1[N+](=O)[O-]. The van der Waals surface area contributed by atoms with Crippen molar-refractivity contribution in [3.8, 4) is 0 Å². The monoisotopic (exact) mass is 238 g/mol. The van der Waals surface area contributed by atoms with Gasteiger partial charge in [-0.15, -0.1) is 0 Å². The van der Waals surface area contributed by atoms with Gasteiger partial charge >= 0.3 is 0 Å². The molecule has 0 fully saturated rings. The standard InChI is InChI=1S/C10H14N4O3/c1-7(6-11)10(15)13-12-8-4-2-3-5-9(8)14(16)17/h2-5,7,12H,6,11H2,1H3,(H,13,15). The number of anilines is 1. The lowest BCUT2D eigenvalue weighted by Crippen LogP contribution is -2.37. The van der Waals surface area contributed by atoms with E-state index in [1.807, 2.05) is 0 Å². The Balaban J connectivity index is 2.69. The molecular formula is C10H14N4O3. The Morgan fingerprint density at radius 3 is 2.76 bits per heavy atom. The highest BCUT2D eigenvalue weighted by Crippen LogP contribution is 2.22. The van der Waals surface area contributed by atoms with Gasteiger partial charge in [0.1, 0.15) is 5.69 Å². The molecule has 1 atom stereocenters. The van der Waals surface area contributed by atoms with E-state index in [1.165, 1.54) is 12.1 Å². The molecule has 0 radical (unpaired) electrons. The van der Waals surface area contributed by atoms with Crippen LogP contribution < -0.4 is 16.6 Å². The molecule has 1 unspecified atom stereocenters. The first-order valence-corrected chi connectivity index (χ1v) is 5.05. The van der Waals surface area contributed by atoms with Crippen molar-refractivity contribution >= 4 is 17.3 Å². The molecule has 1 aromatic rings. The number of para-hydroxylation sites is 2. The van der Waals surface area contributed by atoms with E-state index in [4.69, 9.17) is 5.73 Å². The third-order valence-electron chi connectivity index (χ3n) is 2.22. The first-order chi connectivity index (χ1) is 8.06. The maximum absolute atomic E-state index is 11.4. The van der Waals surface area contributed by atoms with Crippen molar-refractivity contribution in [1.29, 1.82) is 0 Å². The maximum Gasteiger partial charge on any atom is 0.294 e. The molecule has 1 amide bonds. The molecule has 7 nitrogen and oxygen atoms in total. The number of hydrogen-bond donors (Lipinski definition) is 3. The van der Waals surface area contributed by atoms with Crippen LogP contribution in [0.4, 0.5) is 11.4 Å². The molecule has 0 aliphatic rings. The maximum atomic E-state index is 11.4. The Kier molecular flexibility index (Phi) is 4.41. The first kappa shape index (κ1) is 12.9. The van der Waals surface area contributed by atoms with Crippen LogP contribution in [0.25, 0.3) is 0 Å². The van der Waals surface area contributed by atoms with Gasteiger partial charge in [0, 0.05) is 18.5 Å². The largest absolute Gasteiger partial charge is 0.330 e. The molecule has 0 bridgehead atoms. The van der Waals surface area contributed by atoms with Gasteiger partial charge in [0.15, 0.2) is 0 Å². The molecule has 7 heteroatoms. The fraction of sp³-hybridized carbons (Fsp3) is 0.300. The summed E-state index contributed by atoms with van der Waals surface area (Å²) < 4.78 is 0. The van der Waals surface area contributed by atoms with E-state index in [2.05, 4.69) is 10.9 Å². The van der Waals surface area contributed by atoms with E-state index in [9.17, 15) is 14.9 Å². The molecule has 92 valence electrons. The lowest BCUT2D eigenvalue weighted by Gasteiger charge is -2.11. The van der Waals surface area contributed by atoms with Crippen LogP contribution in [0.2, 0.25) is 0 Å². The quantitative estimate of drug-likeness (QED) is 0.514. The molecule has 4 N–H and O–H groups in total. The summed E-state index contributed by atoms with van der Waals surface area (Å²) in [6, 6.07) is 6.04. The number of rotatable bonds is 5. The molecule has 1 aromatic carbocycles. The normalized spacial score (nSPS) is 11.6. The van der Waals surface area contributed by atoms with Crippen LogP contribution in [-0.4, -0.2) is 17.4 Å². The Bertz CT molecular complexity index is 422. The number of nitrogens with one attached hydrogen (secondary N) is 2. The van der Waals surface area contributed by atoms with Crippen molar-refractivity contribution < 1.29 is 9.72 Å². The molecule has 0 aliphatic carbocycles. The third kappa shape index (κ3) is 3.42. The van der Waals surface area contributed by atoms with Gasteiger partial charge in [-0.2, -0.15) is 0 Å². The molecule has 0 saturated carbocycles. The predicted octanol–water partition coefficient (Wildman–Crippen LogP) is 0.633. The second-order valence-corrected chi connectivity index (χ2v) is 3.53. The van der Waals surface area contributed by atoms with Crippen LogP contribution in [0, 0.1) is 16.0 Å². The van der Waals surface area contributed by atoms with Crippen LogP contribution in [-0.2, 0) is 4.79 Å². The fourth-order valence-corrected chi connectivity index (χ4v) is 1.10. The zero-order valence-electron chi connectivity index (χ0n) is 9.34. The summed E-state index contributed by atoms with van der Waals surface area (Å²) in [6.07, 6.45) is 0. The lowest BCUT2D eigenvalue weighted by atomic mass is 10.2. The number of nitrogens with two attached hydrogens (primary N) is 1. The lowest BCUT2D eigenvalue weighted by molar-refractivity contribution is -0.384. The minimum Gasteiger partial charge on any atom is -0.330 e. The first-order valence-electron chi connectivity index (χ1n) is 5.05. The van der Waals surface area contributed by atoms with Crippen molar-refractivity contribution in [2.24, 2.45) is 11.7 Å². The van der Waals surface area contributed by atoms with Crippen molar-refractivity contribution in [2.75, 3.05) is 12.0 Å². The van der Waals surface area contributed by atoms with Crippen molar-refractivity contribution in [3.63, 3.8) is 0 Å². The van der Waals surface area contributed by atoms with Crippen LogP contribution in [0.5, 0.6) is 0 Å². The van der Waals surface area contributed by atoms with Gasteiger partial charge in [-0.05, 0) is 6.07 Å². The van der Waals surface area contributed by atoms with Crippen molar-refractivity contribution in [2.45, 2.75) is 6.92 Å². The Hall–Kier alpha value is -2.15. The number of carbonyl (C=O) groups is 1. The van der Waals surface area contributed by atoms with E-state index in [1.54, 1.807) is 19.1 Å². The molecule has 17 heavy (non-hydrogen) atoms. The van der Waals surface area contributed by atoms with E-state index in [0.717, 1.165) is 0 Å². The third-order valence-corrected chi connectivity index (χ3v) is 2.22. The van der Waals surface area contributed by atoms with E-state index >= 15 is 0 Å². The summed E-state index contributed by atoms with van der Waals surface area (Å²) >= 11 is 0. The number of hydrazine groups is 1. The zero-order valence-corrected chi connectivity index (χ0v) is 9.34. The highest BCUT2D eigenvalue weighted by atomic mass is 16.6.